The molecule has 0 saturated heterocycles. The van der Waals surface area contributed by atoms with Gasteiger partial charge in [0.15, 0.2) is 5.82 Å². The molecular weight excluding hydrogens is 263 g/mol. The Bertz CT molecular complexity index is 612. The molecule has 7 heteroatoms. The Morgan fingerprint density at radius 2 is 2.25 bits per heavy atom. The number of para-hydroxylation sites is 1. The van der Waals surface area contributed by atoms with Gasteiger partial charge in [0, 0.05) is 20.0 Å². The molecule has 6 nitrogen and oxygen atoms in total. The van der Waals surface area contributed by atoms with E-state index in [0.717, 1.165) is 0 Å². The maximum Gasteiger partial charge on any atom is 0.253 e. The van der Waals surface area contributed by atoms with Crippen molar-refractivity contribution >= 4 is 11.6 Å². The van der Waals surface area contributed by atoms with E-state index in [-0.39, 0.29) is 17.2 Å². The van der Waals surface area contributed by atoms with Crippen LogP contribution in [0.25, 0.3) is 0 Å². The number of hydrogen-bond acceptors (Lipinski definition) is 5. The summed E-state index contributed by atoms with van der Waals surface area (Å²) in [6, 6.07) is 4.34. The number of amides is 1. The third kappa shape index (κ3) is 3.11. The molecule has 2 rings (SSSR count). The summed E-state index contributed by atoms with van der Waals surface area (Å²) in [7, 11) is 1.57. The lowest BCUT2D eigenvalue weighted by molar-refractivity contribution is 0.0954. The molecule has 0 atom stereocenters. The van der Waals surface area contributed by atoms with E-state index < -0.39 is 5.82 Å². The molecule has 1 amide bonds. The minimum atomic E-state index is -0.465. The van der Waals surface area contributed by atoms with Gasteiger partial charge in [0.05, 0.1) is 11.3 Å². The first kappa shape index (κ1) is 14.0. The second-order valence-corrected chi connectivity index (χ2v) is 4.15. The van der Waals surface area contributed by atoms with Crippen LogP contribution in [0.3, 0.4) is 0 Å². The summed E-state index contributed by atoms with van der Waals surface area (Å²) in [5.74, 6) is 0.183. The molecule has 0 saturated carbocycles. The van der Waals surface area contributed by atoms with Crippen molar-refractivity contribution in [3.63, 3.8) is 0 Å². The molecule has 1 aromatic carbocycles. The minimum Gasteiger partial charge on any atom is -0.385 e. The van der Waals surface area contributed by atoms with Crippen molar-refractivity contribution in [1.82, 2.24) is 15.5 Å². The lowest BCUT2D eigenvalue weighted by Crippen LogP contribution is -2.26. The number of halogens is 1. The SMILES string of the molecule is CNc1c(F)cccc1C(=O)NCCc1nc(C)no1. The maximum atomic E-state index is 13.5. The average molecular weight is 278 g/mol. The smallest absolute Gasteiger partial charge is 0.253 e. The highest BCUT2D eigenvalue weighted by atomic mass is 19.1. The molecule has 0 fully saturated rings. The van der Waals surface area contributed by atoms with E-state index in [1.807, 2.05) is 0 Å². The summed E-state index contributed by atoms with van der Waals surface area (Å²) in [4.78, 5) is 16.0. The van der Waals surface area contributed by atoms with Crippen LogP contribution in [0.1, 0.15) is 22.1 Å². The van der Waals surface area contributed by atoms with E-state index in [0.29, 0.717) is 24.7 Å². The van der Waals surface area contributed by atoms with Crippen LogP contribution in [0.5, 0.6) is 0 Å². The first-order valence-electron chi connectivity index (χ1n) is 6.15. The highest BCUT2D eigenvalue weighted by Gasteiger charge is 2.14. The van der Waals surface area contributed by atoms with Crippen molar-refractivity contribution in [3.05, 3.63) is 41.3 Å². The normalized spacial score (nSPS) is 10.3. The summed E-state index contributed by atoms with van der Waals surface area (Å²) in [5, 5.41) is 9.02. The first-order valence-corrected chi connectivity index (χ1v) is 6.15. The lowest BCUT2D eigenvalue weighted by Gasteiger charge is -2.09. The predicted molar refractivity (Wildman–Crippen MR) is 71.0 cm³/mol. The van der Waals surface area contributed by atoms with E-state index in [1.54, 1.807) is 20.0 Å². The summed E-state index contributed by atoms with van der Waals surface area (Å²) < 4.78 is 18.5. The van der Waals surface area contributed by atoms with E-state index >= 15 is 0 Å². The lowest BCUT2D eigenvalue weighted by atomic mass is 10.1. The molecule has 1 aromatic heterocycles. The maximum absolute atomic E-state index is 13.5. The van der Waals surface area contributed by atoms with Gasteiger partial charge in [-0.2, -0.15) is 4.98 Å². The quantitative estimate of drug-likeness (QED) is 0.867. The molecule has 2 aromatic rings. The predicted octanol–water partition coefficient (Wildman–Crippen LogP) is 1.53. The number of rotatable bonds is 5. The molecule has 0 unspecified atom stereocenters. The molecule has 0 aliphatic heterocycles. The van der Waals surface area contributed by atoms with Crippen molar-refractivity contribution < 1.29 is 13.7 Å². The number of carbonyl (C=O) groups excluding carboxylic acids is 1. The fraction of sp³-hybridized carbons (Fsp3) is 0.308. The highest BCUT2D eigenvalue weighted by molar-refractivity contribution is 5.99. The summed E-state index contributed by atoms with van der Waals surface area (Å²) in [5.41, 5.74) is 0.438. The Labute approximate surface area is 115 Å². The van der Waals surface area contributed by atoms with Gasteiger partial charge in [-0.05, 0) is 19.1 Å². The monoisotopic (exact) mass is 278 g/mol. The third-order valence-electron chi connectivity index (χ3n) is 2.70. The summed E-state index contributed by atoms with van der Waals surface area (Å²) >= 11 is 0. The van der Waals surface area contributed by atoms with Gasteiger partial charge in [0.1, 0.15) is 5.82 Å². The van der Waals surface area contributed by atoms with Crippen LogP contribution < -0.4 is 10.6 Å². The number of nitrogens with zero attached hydrogens (tertiary/aromatic N) is 2. The molecule has 0 aliphatic rings. The second-order valence-electron chi connectivity index (χ2n) is 4.15. The topological polar surface area (TPSA) is 80.0 Å². The second kappa shape index (κ2) is 6.14. The molecule has 0 radical (unpaired) electrons. The minimum absolute atomic E-state index is 0.179. The summed E-state index contributed by atoms with van der Waals surface area (Å²) in [6.45, 7) is 2.05. The number of aryl methyl sites for hydroxylation is 1. The molecular formula is C13H15FN4O2. The number of carbonyl (C=O) groups is 1. The Morgan fingerprint density at radius 3 is 2.90 bits per heavy atom. The van der Waals surface area contributed by atoms with Gasteiger partial charge in [-0.1, -0.05) is 11.2 Å². The van der Waals surface area contributed by atoms with Gasteiger partial charge in [-0.25, -0.2) is 4.39 Å². The number of aromatic nitrogens is 2. The van der Waals surface area contributed by atoms with Gasteiger partial charge in [-0.15, -0.1) is 0 Å². The zero-order valence-electron chi connectivity index (χ0n) is 11.2. The number of anilines is 1. The third-order valence-corrected chi connectivity index (χ3v) is 2.70. The van der Waals surface area contributed by atoms with Gasteiger partial charge in [-0.3, -0.25) is 4.79 Å². The van der Waals surface area contributed by atoms with Crippen molar-refractivity contribution in [2.24, 2.45) is 0 Å². The number of nitrogens with one attached hydrogen (secondary N) is 2. The fourth-order valence-electron chi connectivity index (χ4n) is 1.79. The molecule has 0 aliphatic carbocycles. The molecule has 106 valence electrons. The average Bonchev–Trinajstić information content (AvgIpc) is 2.84. The molecule has 20 heavy (non-hydrogen) atoms. The van der Waals surface area contributed by atoms with Crippen molar-refractivity contribution in [2.75, 3.05) is 18.9 Å². The van der Waals surface area contributed by atoms with E-state index in [4.69, 9.17) is 4.52 Å². The summed E-state index contributed by atoms with van der Waals surface area (Å²) in [6.07, 6.45) is 0.427. The van der Waals surface area contributed by atoms with Gasteiger partial charge in [0.25, 0.3) is 5.91 Å². The van der Waals surface area contributed by atoms with Crippen molar-refractivity contribution in [2.45, 2.75) is 13.3 Å². The fourth-order valence-corrected chi connectivity index (χ4v) is 1.79. The Hall–Kier alpha value is -2.44. The van der Waals surface area contributed by atoms with Crippen molar-refractivity contribution in [1.29, 1.82) is 0 Å². The first-order chi connectivity index (χ1) is 9.61. The Balaban J connectivity index is 1.97. The zero-order valence-corrected chi connectivity index (χ0v) is 11.2. The van der Waals surface area contributed by atoms with Gasteiger partial charge < -0.3 is 15.2 Å². The molecule has 2 N–H and O–H groups in total. The standard InChI is InChI=1S/C13H15FN4O2/c1-8-17-11(20-18-8)6-7-16-13(19)9-4-3-5-10(14)12(9)15-2/h3-5,15H,6-7H2,1-2H3,(H,16,19). The van der Waals surface area contributed by atoms with Crippen molar-refractivity contribution in [3.8, 4) is 0 Å². The van der Waals surface area contributed by atoms with E-state index in [9.17, 15) is 9.18 Å². The van der Waals surface area contributed by atoms with Crippen LogP contribution in [0, 0.1) is 12.7 Å². The largest absolute Gasteiger partial charge is 0.385 e. The van der Waals surface area contributed by atoms with Crippen LogP contribution in [0.2, 0.25) is 0 Å². The Kier molecular flexibility index (Phi) is 4.29. The number of benzene rings is 1. The molecule has 1 heterocycles. The van der Waals surface area contributed by atoms with Crippen LogP contribution in [-0.4, -0.2) is 29.6 Å². The Morgan fingerprint density at radius 1 is 1.45 bits per heavy atom. The van der Waals surface area contributed by atoms with Crippen LogP contribution in [-0.2, 0) is 6.42 Å². The molecule has 0 bridgehead atoms. The van der Waals surface area contributed by atoms with Crippen LogP contribution in [0.15, 0.2) is 22.7 Å². The van der Waals surface area contributed by atoms with Crippen LogP contribution >= 0.6 is 0 Å². The van der Waals surface area contributed by atoms with Crippen LogP contribution in [0.4, 0.5) is 10.1 Å². The zero-order chi connectivity index (χ0) is 14.5. The van der Waals surface area contributed by atoms with Gasteiger partial charge in [0.2, 0.25) is 5.89 Å². The van der Waals surface area contributed by atoms with E-state index in [1.165, 1.54) is 12.1 Å². The van der Waals surface area contributed by atoms with Gasteiger partial charge >= 0.3 is 0 Å². The molecule has 0 spiro atoms. The van der Waals surface area contributed by atoms with E-state index in [2.05, 4.69) is 20.8 Å². The number of hydrogen-bond donors (Lipinski definition) is 2. The highest BCUT2D eigenvalue weighted by Crippen LogP contribution is 2.18.